The number of para-hydroxylation sites is 1. The number of carbonyl (C=O) groups excluding carboxylic acids is 1. The largest absolute Gasteiger partial charge is 0.493 e. The van der Waals surface area contributed by atoms with Crippen LogP contribution in [0.4, 0.5) is 5.69 Å². The summed E-state index contributed by atoms with van der Waals surface area (Å²) >= 11 is 0. The monoisotopic (exact) mass is 410 g/mol. The van der Waals surface area contributed by atoms with Gasteiger partial charge in [0.15, 0.2) is 0 Å². The van der Waals surface area contributed by atoms with Crippen LogP contribution in [0.25, 0.3) is 0 Å². The van der Waals surface area contributed by atoms with Gasteiger partial charge in [0.2, 0.25) is 0 Å². The zero-order chi connectivity index (χ0) is 21.5. The van der Waals surface area contributed by atoms with Gasteiger partial charge < -0.3 is 19.9 Å². The Morgan fingerprint density at radius 2 is 1.73 bits per heavy atom. The zero-order valence-corrected chi connectivity index (χ0v) is 18.6. The molecule has 1 saturated heterocycles. The van der Waals surface area contributed by atoms with Crippen LogP contribution in [0.3, 0.4) is 0 Å². The fraction of sp³-hybridized carbons (Fsp3) is 0.458. The van der Waals surface area contributed by atoms with Crippen LogP contribution in [-0.4, -0.2) is 76.2 Å². The fourth-order valence-corrected chi connectivity index (χ4v) is 3.81. The van der Waals surface area contributed by atoms with E-state index in [9.17, 15) is 4.79 Å². The second-order valence-electron chi connectivity index (χ2n) is 7.98. The molecular weight excluding hydrogens is 376 g/mol. The Kier molecular flexibility index (Phi) is 7.71. The second kappa shape index (κ2) is 10.5. The summed E-state index contributed by atoms with van der Waals surface area (Å²) < 4.78 is 5.63. The van der Waals surface area contributed by atoms with E-state index in [0.717, 1.165) is 26.2 Å². The molecule has 0 radical (unpaired) electrons. The van der Waals surface area contributed by atoms with Crippen molar-refractivity contribution < 1.29 is 9.53 Å². The standard InChI is InChI=1S/C24H34N4O2/c1-5-30-23-9-7-6-8-21(23)24(29)25-18-22(28-16-14-27(4)15-17-28)19-10-12-20(13-11-19)26(2)3/h6-13,22H,5,14-18H2,1-4H3,(H,25,29). The molecule has 3 rings (SSSR count). The molecule has 6 nitrogen and oxygen atoms in total. The highest BCUT2D eigenvalue weighted by atomic mass is 16.5. The van der Waals surface area contributed by atoms with Crippen molar-refractivity contribution in [3.8, 4) is 5.75 Å². The van der Waals surface area contributed by atoms with E-state index in [1.807, 2.05) is 45.3 Å². The highest BCUT2D eigenvalue weighted by Gasteiger charge is 2.25. The van der Waals surface area contributed by atoms with Gasteiger partial charge in [-0.05, 0) is 43.8 Å². The van der Waals surface area contributed by atoms with Gasteiger partial charge in [-0.1, -0.05) is 24.3 Å². The smallest absolute Gasteiger partial charge is 0.255 e. The van der Waals surface area contributed by atoms with E-state index in [1.54, 1.807) is 0 Å². The zero-order valence-electron chi connectivity index (χ0n) is 18.6. The Morgan fingerprint density at radius 1 is 1.07 bits per heavy atom. The topological polar surface area (TPSA) is 48.1 Å². The first-order valence-electron chi connectivity index (χ1n) is 10.7. The maximum absolute atomic E-state index is 12.9. The minimum Gasteiger partial charge on any atom is -0.493 e. The normalized spacial score (nSPS) is 16.1. The van der Waals surface area contributed by atoms with Crippen LogP contribution in [0.5, 0.6) is 5.75 Å². The molecule has 0 saturated carbocycles. The third-order valence-electron chi connectivity index (χ3n) is 5.66. The number of hydrogen-bond donors (Lipinski definition) is 1. The first-order chi connectivity index (χ1) is 14.5. The van der Waals surface area contributed by atoms with Gasteiger partial charge in [-0.25, -0.2) is 0 Å². The molecule has 2 aromatic carbocycles. The molecule has 1 unspecified atom stereocenters. The summed E-state index contributed by atoms with van der Waals surface area (Å²) in [6, 6.07) is 16.2. The second-order valence-corrected chi connectivity index (χ2v) is 7.98. The van der Waals surface area contributed by atoms with E-state index in [0.29, 0.717) is 24.5 Å². The van der Waals surface area contributed by atoms with Crippen LogP contribution in [0.1, 0.15) is 28.9 Å². The van der Waals surface area contributed by atoms with Crippen molar-refractivity contribution in [3.05, 3.63) is 59.7 Å². The highest BCUT2D eigenvalue weighted by Crippen LogP contribution is 2.25. The van der Waals surface area contributed by atoms with Crippen molar-refractivity contribution in [1.29, 1.82) is 0 Å². The molecule has 0 aliphatic carbocycles. The number of anilines is 1. The lowest BCUT2D eigenvalue weighted by Gasteiger charge is -2.38. The van der Waals surface area contributed by atoms with Gasteiger partial charge in [0.1, 0.15) is 5.75 Å². The van der Waals surface area contributed by atoms with Gasteiger partial charge in [-0.2, -0.15) is 0 Å². The molecule has 1 fully saturated rings. The summed E-state index contributed by atoms with van der Waals surface area (Å²) in [5, 5.41) is 3.16. The summed E-state index contributed by atoms with van der Waals surface area (Å²) in [6.45, 7) is 7.07. The summed E-state index contributed by atoms with van der Waals surface area (Å²) in [5.74, 6) is 0.534. The average molecular weight is 411 g/mol. The van der Waals surface area contributed by atoms with Crippen molar-refractivity contribution >= 4 is 11.6 Å². The molecule has 1 amide bonds. The highest BCUT2D eigenvalue weighted by molar-refractivity contribution is 5.96. The fourth-order valence-electron chi connectivity index (χ4n) is 3.81. The average Bonchev–Trinajstić information content (AvgIpc) is 2.76. The Labute approximate surface area is 180 Å². The van der Waals surface area contributed by atoms with Gasteiger partial charge in [-0.15, -0.1) is 0 Å². The molecular formula is C24H34N4O2. The molecule has 1 atom stereocenters. The van der Waals surface area contributed by atoms with Crippen LogP contribution in [0.2, 0.25) is 0 Å². The van der Waals surface area contributed by atoms with Gasteiger partial charge in [0, 0.05) is 52.5 Å². The molecule has 1 heterocycles. The van der Waals surface area contributed by atoms with Crippen molar-refractivity contribution in [2.24, 2.45) is 0 Å². The minimum absolute atomic E-state index is 0.0944. The first kappa shape index (κ1) is 22.1. The SMILES string of the molecule is CCOc1ccccc1C(=O)NCC(c1ccc(N(C)C)cc1)N1CCN(C)CC1. The molecule has 0 bridgehead atoms. The first-order valence-corrected chi connectivity index (χ1v) is 10.7. The number of nitrogens with one attached hydrogen (secondary N) is 1. The van der Waals surface area contributed by atoms with E-state index < -0.39 is 0 Å². The van der Waals surface area contributed by atoms with Crippen molar-refractivity contribution in [2.75, 3.05) is 65.4 Å². The van der Waals surface area contributed by atoms with E-state index in [2.05, 4.69) is 51.3 Å². The molecule has 0 aromatic heterocycles. The number of carbonyl (C=O) groups is 1. The molecule has 0 spiro atoms. The third kappa shape index (κ3) is 5.52. The van der Waals surface area contributed by atoms with Crippen molar-refractivity contribution in [1.82, 2.24) is 15.1 Å². The third-order valence-corrected chi connectivity index (χ3v) is 5.66. The number of benzene rings is 2. The Bertz CT molecular complexity index is 814. The van der Waals surface area contributed by atoms with Crippen molar-refractivity contribution in [3.63, 3.8) is 0 Å². The van der Waals surface area contributed by atoms with Crippen LogP contribution < -0.4 is 15.0 Å². The van der Waals surface area contributed by atoms with Crippen LogP contribution in [0, 0.1) is 0 Å². The summed E-state index contributed by atoms with van der Waals surface area (Å²) in [4.78, 5) is 19.8. The van der Waals surface area contributed by atoms with Crippen LogP contribution in [0.15, 0.2) is 48.5 Å². The number of rotatable bonds is 8. The molecule has 2 aromatic rings. The van der Waals surface area contributed by atoms with Crippen molar-refractivity contribution in [2.45, 2.75) is 13.0 Å². The summed E-state index contributed by atoms with van der Waals surface area (Å²) in [6.07, 6.45) is 0. The molecule has 1 aliphatic heterocycles. The van der Waals surface area contributed by atoms with E-state index in [1.165, 1.54) is 11.3 Å². The number of hydrogen-bond acceptors (Lipinski definition) is 5. The van der Waals surface area contributed by atoms with E-state index in [-0.39, 0.29) is 11.9 Å². The van der Waals surface area contributed by atoms with Crippen LogP contribution >= 0.6 is 0 Å². The number of piperazine rings is 1. The van der Waals surface area contributed by atoms with Gasteiger partial charge >= 0.3 is 0 Å². The lowest BCUT2D eigenvalue weighted by atomic mass is 10.0. The maximum Gasteiger partial charge on any atom is 0.255 e. The molecule has 1 N–H and O–H groups in total. The molecule has 30 heavy (non-hydrogen) atoms. The number of nitrogens with zero attached hydrogens (tertiary/aromatic N) is 3. The summed E-state index contributed by atoms with van der Waals surface area (Å²) in [7, 11) is 6.25. The van der Waals surface area contributed by atoms with Gasteiger partial charge in [0.05, 0.1) is 18.2 Å². The summed E-state index contributed by atoms with van der Waals surface area (Å²) in [5.41, 5.74) is 2.98. The van der Waals surface area contributed by atoms with E-state index >= 15 is 0 Å². The number of amides is 1. The molecule has 162 valence electrons. The predicted molar refractivity (Wildman–Crippen MR) is 123 cm³/mol. The molecule has 1 aliphatic rings. The Morgan fingerprint density at radius 3 is 2.37 bits per heavy atom. The minimum atomic E-state index is -0.0944. The Hall–Kier alpha value is -2.57. The molecule has 6 heteroatoms. The van der Waals surface area contributed by atoms with Gasteiger partial charge in [-0.3, -0.25) is 9.69 Å². The van der Waals surface area contributed by atoms with Gasteiger partial charge in [0.25, 0.3) is 5.91 Å². The van der Waals surface area contributed by atoms with E-state index in [4.69, 9.17) is 4.74 Å². The predicted octanol–water partition coefficient (Wildman–Crippen LogP) is 2.87. The van der Waals surface area contributed by atoms with Crippen LogP contribution in [-0.2, 0) is 0 Å². The lowest BCUT2D eigenvalue weighted by molar-refractivity contribution is 0.0883. The number of ether oxygens (including phenoxy) is 1. The lowest BCUT2D eigenvalue weighted by Crippen LogP contribution is -2.48. The Balaban J connectivity index is 1.76. The quantitative estimate of drug-likeness (QED) is 0.725. The number of likely N-dealkylation sites (N-methyl/N-ethyl adjacent to an activating group) is 1. The maximum atomic E-state index is 12.9.